The molecular weight excluding hydrogens is 633 g/mol. The molecular formula is C46H48O5. The summed E-state index contributed by atoms with van der Waals surface area (Å²) in [5.41, 5.74) is 5.85. The Morgan fingerprint density at radius 1 is 0.961 bits per heavy atom. The Balaban J connectivity index is 1.66. The van der Waals surface area contributed by atoms with Crippen molar-refractivity contribution in [2.24, 2.45) is 11.8 Å². The predicted molar refractivity (Wildman–Crippen MR) is 206 cm³/mol. The Hall–Kier alpha value is -5.21. The maximum Gasteiger partial charge on any atom is 0.193 e. The van der Waals surface area contributed by atoms with E-state index in [-0.39, 0.29) is 52.7 Å². The quantitative estimate of drug-likeness (QED) is 0.0762. The second-order valence-electron chi connectivity index (χ2n) is 13.1. The normalized spacial score (nSPS) is 16.5. The van der Waals surface area contributed by atoms with E-state index < -0.39 is 17.6 Å². The molecule has 0 amide bonds. The first-order valence-corrected chi connectivity index (χ1v) is 18.0. The van der Waals surface area contributed by atoms with Crippen LogP contribution in [0.2, 0.25) is 0 Å². The zero-order valence-corrected chi connectivity index (χ0v) is 30.6. The van der Waals surface area contributed by atoms with Gasteiger partial charge in [0.1, 0.15) is 11.7 Å². The number of carbonyl (C=O) groups is 5. The van der Waals surface area contributed by atoms with E-state index in [1.807, 2.05) is 44.2 Å². The van der Waals surface area contributed by atoms with Crippen molar-refractivity contribution in [2.45, 2.75) is 86.0 Å². The number of unbranched alkanes of at least 4 members (excludes halogenated alkanes) is 1. The SMILES string of the molecule is C=C/C=C(\C=C/CCC)CC(=O)C(C)C(=O)c1cc(C(=O)c2ccc3c(c2)C(=O)C(C(=O)CC(/C=C\C)=C/CC)C3=C2CCC2)ccc1C#CC. The van der Waals surface area contributed by atoms with Crippen molar-refractivity contribution in [3.8, 4) is 11.8 Å². The van der Waals surface area contributed by atoms with Gasteiger partial charge in [0.25, 0.3) is 0 Å². The molecule has 0 radical (unpaired) electrons. The number of rotatable bonds is 16. The number of allylic oxidation sites excluding steroid dienone is 11. The van der Waals surface area contributed by atoms with Crippen LogP contribution in [-0.2, 0) is 9.59 Å². The predicted octanol–water partition coefficient (Wildman–Crippen LogP) is 10.2. The van der Waals surface area contributed by atoms with E-state index in [0.29, 0.717) is 11.1 Å². The molecule has 262 valence electrons. The summed E-state index contributed by atoms with van der Waals surface area (Å²) in [5.74, 6) is 2.46. The number of benzene rings is 2. The molecule has 2 atom stereocenters. The van der Waals surface area contributed by atoms with Gasteiger partial charge in [-0.25, -0.2) is 0 Å². The Labute approximate surface area is 303 Å². The van der Waals surface area contributed by atoms with Gasteiger partial charge in [0, 0.05) is 40.7 Å². The van der Waals surface area contributed by atoms with Crippen molar-refractivity contribution in [3.05, 3.63) is 136 Å². The first-order valence-electron chi connectivity index (χ1n) is 18.0. The first kappa shape index (κ1) is 38.6. The highest BCUT2D eigenvalue weighted by atomic mass is 16.2. The molecule has 4 rings (SSSR count). The topological polar surface area (TPSA) is 85.3 Å². The average Bonchev–Trinajstić information content (AvgIpc) is 3.37. The van der Waals surface area contributed by atoms with Crippen LogP contribution in [0.1, 0.15) is 134 Å². The van der Waals surface area contributed by atoms with Gasteiger partial charge in [-0.05, 0) is 99.4 Å². The molecule has 2 aliphatic rings. The molecule has 0 bridgehead atoms. The fraction of sp³-hybridized carbons (Fsp3) is 0.326. The lowest BCUT2D eigenvalue weighted by atomic mass is 9.80. The van der Waals surface area contributed by atoms with Crippen LogP contribution in [0.5, 0.6) is 0 Å². The fourth-order valence-electron chi connectivity index (χ4n) is 6.63. The molecule has 0 aliphatic heterocycles. The summed E-state index contributed by atoms with van der Waals surface area (Å²) in [6.07, 6.45) is 18.7. The molecule has 2 aromatic carbocycles. The third kappa shape index (κ3) is 8.94. The first-order chi connectivity index (χ1) is 24.6. The average molecular weight is 681 g/mol. The molecule has 2 unspecified atom stereocenters. The molecule has 1 fully saturated rings. The molecule has 5 nitrogen and oxygen atoms in total. The van der Waals surface area contributed by atoms with Gasteiger partial charge in [-0.15, -0.1) is 5.92 Å². The summed E-state index contributed by atoms with van der Waals surface area (Å²) in [6.45, 7) is 13.0. The lowest BCUT2D eigenvalue weighted by Crippen LogP contribution is -2.23. The highest BCUT2D eigenvalue weighted by molar-refractivity contribution is 6.26. The van der Waals surface area contributed by atoms with Gasteiger partial charge in [-0.1, -0.05) is 93.0 Å². The van der Waals surface area contributed by atoms with Crippen molar-refractivity contribution in [1.82, 2.24) is 0 Å². The largest absolute Gasteiger partial charge is 0.299 e. The van der Waals surface area contributed by atoms with Crippen LogP contribution < -0.4 is 0 Å². The number of hydrogen-bond donors (Lipinski definition) is 0. The zero-order chi connectivity index (χ0) is 37.1. The van der Waals surface area contributed by atoms with E-state index >= 15 is 0 Å². The molecule has 51 heavy (non-hydrogen) atoms. The number of hydrogen-bond acceptors (Lipinski definition) is 5. The van der Waals surface area contributed by atoms with E-state index in [1.54, 1.807) is 56.3 Å². The summed E-state index contributed by atoms with van der Waals surface area (Å²) < 4.78 is 0. The number of Topliss-reactive ketones (excluding diaryl/α,β-unsaturated/α-hetero) is 4. The van der Waals surface area contributed by atoms with E-state index in [1.165, 1.54) is 6.07 Å². The lowest BCUT2D eigenvalue weighted by molar-refractivity contribution is -0.120. The van der Waals surface area contributed by atoms with Gasteiger partial charge < -0.3 is 0 Å². The maximum atomic E-state index is 14.0. The summed E-state index contributed by atoms with van der Waals surface area (Å²) in [4.78, 5) is 68.9. The monoisotopic (exact) mass is 680 g/mol. The number of ketones is 5. The molecule has 0 spiro atoms. The zero-order valence-electron chi connectivity index (χ0n) is 30.6. The molecule has 5 heteroatoms. The van der Waals surface area contributed by atoms with Gasteiger partial charge in [0.05, 0.1) is 5.92 Å². The highest BCUT2D eigenvalue weighted by Gasteiger charge is 2.42. The second-order valence-corrected chi connectivity index (χ2v) is 13.1. The summed E-state index contributed by atoms with van der Waals surface area (Å²) >= 11 is 0. The molecule has 0 aromatic heterocycles. The molecule has 0 heterocycles. The second kappa shape index (κ2) is 18.2. The fourth-order valence-corrected chi connectivity index (χ4v) is 6.63. The minimum Gasteiger partial charge on any atom is -0.299 e. The number of fused-ring (bicyclic) bond motifs is 1. The van der Waals surface area contributed by atoms with E-state index in [0.717, 1.165) is 66.4 Å². The van der Waals surface area contributed by atoms with Gasteiger partial charge in [-0.2, -0.15) is 0 Å². The van der Waals surface area contributed by atoms with E-state index in [4.69, 9.17) is 0 Å². The van der Waals surface area contributed by atoms with Crippen LogP contribution in [-0.4, -0.2) is 28.9 Å². The van der Waals surface area contributed by atoms with Gasteiger partial charge in [0.15, 0.2) is 23.1 Å². The molecule has 1 saturated carbocycles. The van der Waals surface area contributed by atoms with Crippen LogP contribution in [0.25, 0.3) is 5.57 Å². The minimum atomic E-state index is -0.967. The van der Waals surface area contributed by atoms with Crippen molar-refractivity contribution in [1.29, 1.82) is 0 Å². The van der Waals surface area contributed by atoms with E-state index in [2.05, 4.69) is 25.3 Å². The third-order valence-corrected chi connectivity index (χ3v) is 9.45. The van der Waals surface area contributed by atoms with E-state index in [9.17, 15) is 24.0 Å². The van der Waals surface area contributed by atoms with Crippen LogP contribution in [0.15, 0.2) is 102 Å². The molecule has 0 N–H and O–H groups in total. The standard InChI is InChI=1S/C46H48O5/c1-7-12-13-19-32(17-10-4)26-40(47)30(6)44(49)38-28-35(23-22-33(38)18-11-5)45(50)36-24-25-37-39(29-36)46(51)43(42(37)34-20-14-21-34)41(48)27-31(15-8-2)16-9-3/h8,10,13,15-17,19,22-25,28-30,43H,4,7,9,12,14,20-21,26-27H2,1-3,5-6H3/b15-8-,19-13-,31-16+,32-17+. The summed E-state index contributed by atoms with van der Waals surface area (Å²) in [7, 11) is 0. The molecule has 2 aromatic rings. The van der Waals surface area contributed by atoms with Crippen molar-refractivity contribution >= 4 is 34.5 Å². The summed E-state index contributed by atoms with van der Waals surface area (Å²) in [5, 5.41) is 0. The maximum absolute atomic E-state index is 14.0. The van der Waals surface area contributed by atoms with Gasteiger partial charge in [-0.3, -0.25) is 24.0 Å². The Morgan fingerprint density at radius 3 is 2.31 bits per heavy atom. The molecule has 0 saturated heterocycles. The third-order valence-electron chi connectivity index (χ3n) is 9.45. The van der Waals surface area contributed by atoms with Crippen LogP contribution in [0.3, 0.4) is 0 Å². The Morgan fingerprint density at radius 2 is 1.69 bits per heavy atom. The Kier molecular flexibility index (Phi) is 13.7. The van der Waals surface area contributed by atoms with Gasteiger partial charge >= 0.3 is 0 Å². The summed E-state index contributed by atoms with van der Waals surface area (Å²) in [6, 6.07) is 9.81. The molecule has 2 aliphatic carbocycles. The smallest absolute Gasteiger partial charge is 0.193 e. The lowest BCUT2D eigenvalue weighted by Gasteiger charge is -2.23. The van der Waals surface area contributed by atoms with Crippen LogP contribution in [0.4, 0.5) is 0 Å². The Bertz CT molecular complexity index is 1960. The minimum absolute atomic E-state index is 0.0723. The van der Waals surface area contributed by atoms with Gasteiger partial charge in [0.2, 0.25) is 0 Å². The van der Waals surface area contributed by atoms with Crippen molar-refractivity contribution < 1.29 is 24.0 Å². The number of carbonyl (C=O) groups excluding carboxylic acids is 5. The van der Waals surface area contributed by atoms with Crippen molar-refractivity contribution in [3.63, 3.8) is 0 Å². The van der Waals surface area contributed by atoms with Crippen LogP contribution in [0, 0.1) is 23.7 Å². The van der Waals surface area contributed by atoms with Crippen LogP contribution >= 0.6 is 0 Å². The van der Waals surface area contributed by atoms with Crippen molar-refractivity contribution in [2.75, 3.05) is 0 Å². The highest BCUT2D eigenvalue weighted by Crippen LogP contribution is 2.46.